The number of aliphatic hydroxyl groups is 1. The van der Waals surface area contributed by atoms with Crippen molar-refractivity contribution in [1.82, 2.24) is 5.32 Å². The zero-order valence-corrected chi connectivity index (χ0v) is 10.6. The average Bonchev–Trinajstić information content (AvgIpc) is 2.68. The molecule has 0 saturated heterocycles. The second kappa shape index (κ2) is 6.47. The maximum atomic E-state index is 11.3. The Morgan fingerprint density at radius 3 is 2.88 bits per heavy atom. The van der Waals surface area contributed by atoms with Gasteiger partial charge < -0.3 is 15.5 Å². The summed E-state index contributed by atoms with van der Waals surface area (Å²) in [5.74, 6) is 1.18. The first kappa shape index (κ1) is 13.8. The molecule has 0 aromatic heterocycles. The predicted molar refractivity (Wildman–Crippen MR) is 65.8 cm³/mol. The van der Waals surface area contributed by atoms with Gasteiger partial charge in [-0.05, 0) is 38.0 Å². The molecule has 2 atom stereocenters. The Hall–Kier alpha value is -0.260. The fraction of sp³-hybridized carbons (Fsp3) is 0.909. The molecule has 1 fully saturated rings. The number of carboxylic acids is 1. The predicted octanol–water partition coefficient (Wildman–Crippen LogP) is 0.945. The van der Waals surface area contributed by atoms with Crippen molar-refractivity contribution < 1.29 is 15.0 Å². The van der Waals surface area contributed by atoms with Crippen LogP contribution in [0.15, 0.2) is 0 Å². The van der Waals surface area contributed by atoms with Crippen molar-refractivity contribution in [1.29, 1.82) is 0 Å². The van der Waals surface area contributed by atoms with Crippen molar-refractivity contribution in [3.8, 4) is 0 Å². The van der Waals surface area contributed by atoms with E-state index in [-0.39, 0.29) is 12.5 Å². The van der Waals surface area contributed by atoms with Gasteiger partial charge in [0.1, 0.15) is 5.54 Å². The molecule has 16 heavy (non-hydrogen) atoms. The number of carboxylic acid groups (broad SMARTS) is 1. The summed E-state index contributed by atoms with van der Waals surface area (Å²) < 4.78 is 0. The summed E-state index contributed by atoms with van der Waals surface area (Å²) in [6.45, 7) is 0.200. The monoisotopic (exact) mass is 247 g/mol. The number of nitrogens with one attached hydrogen (secondary N) is 1. The third-order valence-electron chi connectivity index (χ3n) is 3.49. The van der Waals surface area contributed by atoms with Crippen LogP contribution in [0.4, 0.5) is 0 Å². The summed E-state index contributed by atoms with van der Waals surface area (Å²) in [5.41, 5.74) is -0.709. The first-order valence-electron chi connectivity index (χ1n) is 5.78. The minimum atomic E-state index is -0.718. The minimum absolute atomic E-state index is 0.200. The number of hydrogen-bond donors (Lipinski definition) is 3. The molecule has 0 heterocycles. The second-order valence-corrected chi connectivity index (χ2v) is 5.47. The van der Waals surface area contributed by atoms with Crippen molar-refractivity contribution in [2.24, 2.45) is 5.92 Å². The summed E-state index contributed by atoms with van der Waals surface area (Å²) in [6, 6.07) is 0. The SMILES string of the molecule is CNC1(C(=O)O)CCCC1CCSCCO. The highest BCUT2D eigenvalue weighted by molar-refractivity contribution is 7.99. The number of hydrogen-bond acceptors (Lipinski definition) is 4. The lowest BCUT2D eigenvalue weighted by Crippen LogP contribution is -2.53. The fourth-order valence-electron chi connectivity index (χ4n) is 2.58. The van der Waals surface area contributed by atoms with E-state index in [0.717, 1.165) is 37.2 Å². The van der Waals surface area contributed by atoms with Gasteiger partial charge in [0, 0.05) is 5.75 Å². The first-order chi connectivity index (χ1) is 7.67. The van der Waals surface area contributed by atoms with Gasteiger partial charge in [0.05, 0.1) is 6.61 Å². The molecular weight excluding hydrogens is 226 g/mol. The van der Waals surface area contributed by atoms with Gasteiger partial charge in [-0.2, -0.15) is 11.8 Å². The Morgan fingerprint density at radius 1 is 1.56 bits per heavy atom. The molecule has 1 rings (SSSR count). The molecule has 2 unspecified atom stereocenters. The average molecular weight is 247 g/mol. The Bertz CT molecular complexity index is 237. The molecule has 0 spiro atoms. The standard InChI is InChI=1S/C11H21NO3S/c1-12-11(10(14)15)5-2-3-9(11)4-7-16-8-6-13/h9,12-13H,2-8H2,1H3,(H,14,15). The summed E-state index contributed by atoms with van der Waals surface area (Å²) in [7, 11) is 1.74. The van der Waals surface area contributed by atoms with E-state index in [2.05, 4.69) is 5.32 Å². The van der Waals surface area contributed by atoms with Crippen molar-refractivity contribution in [3.63, 3.8) is 0 Å². The lowest BCUT2D eigenvalue weighted by Gasteiger charge is -2.30. The Kier molecular flexibility index (Phi) is 5.58. The van der Waals surface area contributed by atoms with Crippen molar-refractivity contribution in [2.75, 3.05) is 25.2 Å². The normalized spacial score (nSPS) is 29.5. The molecule has 4 nitrogen and oxygen atoms in total. The largest absolute Gasteiger partial charge is 0.480 e. The number of carbonyl (C=O) groups is 1. The summed E-state index contributed by atoms with van der Waals surface area (Å²) in [4.78, 5) is 11.3. The van der Waals surface area contributed by atoms with E-state index in [1.165, 1.54) is 0 Å². The highest BCUT2D eigenvalue weighted by atomic mass is 32.2. The summed E-state index contributed by atoms with van der Waals surface area (Å²) in [5, 5.41) is 21.0. The van der Waals surface area contributed by atoms with Gasteiger partial charge in [-0.15, -0.1) is 0 Å². The van der Waals surface area contributed by atoms with Crippen LogP contribution in [0.25, 0.3) is 0 Å². The molecule has 94 valence electrons. The van der Waals surface area contributed by atoms with Crippen LogP contribution in [0.5, 0.6) is 0 Å². The van der Waals surface area contributed by atoms with E-state index in [1.807, 2.05) is 0 Å². The molecule has 0 aromatic carbocycles. The van der Waals surface area contributed by atoms with Gasteiger partial charge in [0.15, 0.2) is 0 Å². The highest BCUT2D eigenvalue weighted by Gasteiger charge is 2.47. The molecule has 3 N–H and O–H groups in total. The van der Waals surface area contributed by atoms with E-state index < -0.39 is 11.5 Å². The maximum absolute atomic E-state index is 11.3. The van der Waals surface area contributed by atoms with E-state index >= 15 is 0 Å². The Labute approximate surface area is 101 Å². The number of rotatable bonds is 7. The number of aliphatic carboxylic acids is 1. The van der Waals surface area contributed by atoms with Gasteiger partial charge in [0.25, 0.3) is 0 Å². The quantitative estimate of drug-likeness (QED) is 0.584. The van der Waals surface area contributed by atoms with E-state index in [0.29, 0.717) is 0 Å². The zero-order chi connectivity index (χ0) is 12.0. The Morgan fingerprint density at radius 2 is 2.31 bits per heavy atom. The number of likely N-dealkylation sites (N-methyl/N-ethyl adjacent to an activating group) is 1. The van der Waals surface area contributed by atoms with Crippen LogP contribution in [0.1, 0.15) is 25.7 Å². The molecule has 0 aliphatic heterocycles. The fourth-order valence-corrected chi connectivity index (χ4v) is 3.36. The van der Waals surface area contributed by atoms with Gasteiger partial charge in [0.2, 0.25) is 0 Å². The van der Waals surface area contributed by atoms with E-state index in [4.69, 9.17) is 5.11 Å². The topological polar surface area (TPSA) is 69.6 Å². The molecule has 0 amide bonds. The molecule has 0 aromatic rings. The van der Waals surface area contributed by atoms with Crippen LogP contribution in [0, 0.1) is 5.92 Å². The lowest BCUT2D eigenvalue weighted by atomic mass is 9.85. The van der Waals surface area contributed by atoms with E-state index in [1.54, 1.807) is 18.8 Å². The third kappa shape index (κ3) is 2.90. The van der Waals surface area contributed by atoms with Crippen LogP contribution in [-0.4, -0.2) is 46.9 Å². The third-order valence-corrected chi connectivity index (χ3v) is 4.49. The molecular formula is C11H21NO3S. The molecule has 0 radical (unpaired) electrons. The Balaban J connectivity index is 2.47. The number of thioether (sulfide) groups is 1. The van der Waals surface area contributed by atoms with Crippen molar-refractivity contribution in [2.45, 2.75) is 31.2 Å². The van der Waals surface area contributed by atoms with Gasteiger partial charge in [-0.1, -0.05) is 6.42 Å². The van der Waals surface area contributed by atoms with Crippen LogP contribution >= 0.6 is 11.8 Å². The van der Waals surface area contributed by atoms with Crippen LogP contribution in [0.2, 0.25) is 0 Å². The molecule has 1 aliphatic carbocycles. The molecule has 0 bridgehead atoms. The van der Waals surface area contributed by atoms with E-state index in [9.17, 15) is 9.90 Å². The second-order valence-electron chi connectivity index (χ2n) is 4.24. The van der Waals surface area contributed by atoms with Crippen LogP contribution < -0.4 is 5.32 Å². The molecule has 1 saturated carbocycles. The summed E-state index contributed by atoms with van der Waals surface area (Å²) in [6.07, 6.45) is 3.63. The summed E-state index contributed by atoms with van der Waals surface area (Å²) >= 11 is 1.69. The lowest BCUT2D eigenvalue weighted by molar-refractivity contribution is -0.146. The van der Waals surface area contributed by atoms with Crippen LogP contribution in [-0.2, 0) is 4.79 Å². The van der Waals surface area contributed by atoms with Crippen molar-refractivity contribution >= 4 is 17.7 Å². The van der Waals surface area contributed by atoms with Crippen molar-refractivity contribution in [3.05, 3.63) is 0 Å². The molecule has 5 heteroatoms. The highest BCUT2D eigenvalue weighted by Crippen LogP contribution is 2.38. The maximum Gasteiger partial charge on any atom is 0.324 e. The first-order valence-corrected chi connectivity index (χ1v) is 6.93. The zero-order valence-electron chi connectivity index (χ0n) is 9.74. The minimum Gasteiger partial charge on any atom is -0.480 e. The van der Waals surface area contributed by atoms with Crippen LogP contribution in [0.3, 0.4) is 0 Å². The van der Waals surface area contributed by atoms with Gasteiger partial charge in [-0.25, -0.2) is 0 Å². The molecule has 1 aliphatic rings. The van der Waals surface area contributed by atoms with Gasteiger partial charge >= 0.3 is 5.97 Å². The van der Waals surface area contributed by atoms with Gasteiger partial charge in [-0.3, -0.25) is 4.79 Å². The smallest absolute Gasteiger partial charge is 0.324 e. The number of aliphatic hydroxyl groups excluding tert-OH is 1.